The van der Waals surface area contributed by atoms with Gasteiger partial charge in [0.1, 0.15) is 0 Å². The van der Waals surface area contributed by atoms with Gasteiger partial charge in [0.15, 0.2) is 0 Å². The molecule has 0 unspecified atom stereocenters. The Balaban J connectivity index is 2.06. The highest BCUT2D eigenvalue weighted by molar-refractivity contribution is 5.05. The zero-order chi connectivity index (χ0) is 11.5. The van der Waals surface area contributed by atoms with Crippen molar-refractivity contribution in [1.82, 2.24) is 5.32 Å². The molecule has 4 N–H and O–H groups in total. The third kappa shape index (κ3) is 2.41. The number of hydrogen-bond acceptors (Lipinski definition) is 3. The Morgan fingerprint density at radius 1 is 0.812 bits per heavy atom. The van der Waals surface area contributed by atoms with Crippen LogP contribution in [0.2, 0.25) is 0 Å². The van der Waals surface area contributed by atoms with Crippen LogP contribution in [0.15, 0.2) is 0 Å². The standard InChI is InChI=1S/C13H26N2O/c14-12(6-4-2-1-3-5-7-12)13(16)8-10-15-11-9-13/h15-16H,1-11,14H2. The first kappa shape index (κ1) is 12.3. The molecule has 0 aromatic heterocycles. The van der Waals surface area contributed by atoms with E-state index >= 15 is 0 Å². The summed E-state index contributed by atoms with van der Waals surface area (Å²) in [5.74, 6) is 0. The second-order valence-electron chi connectivity index (χ2n) is 5.71. The predicted octanol–water partition coefficient (Wildman–Crippen LogP) is 1.54. The Labute approximate surface area is 98.8 Å². The van der Waals surface area contributed by atoms with Gasteiger partial charge in [-0.3, -0.25) is 0 Å². The molecule has 3 heteroatoms. The first-order valence-electron chi connectivity index (χ1n) is 6.88. The molecule has 0 aromatic rings. The molecule has 1 saturated heterocycles. The van der Waals surface area contributed by atoms with Crippen LogP contribution in [0.4, 0.5) is 0 Å². The highest BCUT2D eigenvalue weighted by atomic mass is 16.3. The molecular formula is C13H26N2O. The third-order valence-corrected chi connectivity index (χ3v) is 4.60. The topological polar surface area (TPSA) is 58.3 Å². The molecule has 1 saturated carbocycles. The molecule has 1 aliphatic carbocycles. The molecule has 1 heterocycles. The van der Waals surface area contributed by atoms with Crippen molar-refractivity contribution >= 4 is 0 Å². The molecule has 0 amide bonds. The normalized spacial score (nSPS) is 30.4. The maximum Gasteiger partial charge on any atom is 0.0850 e. The van der Waals surface area contributed by atoms with Crippen LogP contribution < -0.4 is 11.1 Å². The van der Waals surface area contributed by atoms with E-state index in [1.54, 1.807) is 0 Å². The van der Waals surface area contributed by atoms with Crippen LogP contribution in [0, 0.1) is 0 Å². The van der Waals surface area contributed by atoms with Crippen molar-refractivity contribution < 1.29 is 5.11 Å². The van der Waals surface area contributed by atoms with Crippen LogP contribution in [0.1, 0.15) is 57.8 Å². The molecule has 2 rings (SSSR count). The molecule has 0 atom stereocenters. The zero-order valence-electron chi connectivity index (χ0n) is 10.3. The lowest BCUT2D eigenvalue weighted by molar-refractivity contribution is -0.0689. The minimum absolute atomic E-state index is 0.324. The maximum absolute atomic E-state index is 10.8. The summed E-state index contributed by atoms with van der Waals surface area (Å²) >= 11 is 0. The lowest BCUT2D eigenvalue weighted by atomic mass is 9.68. The van der Waals surface area contributed by atoms with Gasteiger partial charge >= 0.3 is 0 Å². The molecule has 3 nitrogen and oxygen atoms in total. The van der Waals surface area contributed by atoms with Gasteiger partial charge in [-0.2, -0.15) is 0 Å². The fraction of sp³-hybridized carbons (Fsp3) is 1.00. The summed E-state index contributed by atoms with van der Waals surface area (Å²) in [5.41, 5.74) is 5.62. The second kappa shape index (κ2) is 5.03. The highest BCUT2D eigenvalue weighted by Crippen LogP contribution is 2.38. The highest BCUT2D eigenvalue weighted by Gasteiger charge is 2.47. The molecule has 0 spiro atoms. The van der Waals surface area contributed by atoms with E-state index in [4.69, 9.17) is 5.73 Å². The van der Waals surface area contributed by atoms with Gasteiger partial charge in [0.25, 0.3) is 0 Å². The van der Waals surface area contributed by atoms with Gasteiger partial charge < -0.3 is 16.2 Å². The van der Waals surface area contributed by atoms with Crippen molar-refractivity contribution in [1.29, 1.82) is 0 Å². The summed E-state index contributed by atoms with van der Waals surface area (Å²) in [6, 6.07) is 0. The predicted molar refractivity (Wildman–Crippen MR) is 66.3 cm³/mol. The largest absolute Gasteiger partial charge is 0.388 e. The number of hydrogen-bond donors (Lipinski definition) is 3. The summed E-state index contributed by atoms with van der Waals surface area (Å²) in [5, 5.41) is 14.1. The van der Waals surface area contributed by atoms with Gasteiger partial charge in [0.05, 0.1) is 5.60 Å². The molecule has 0 bridgehead atoms. The minimum Gasteiger partial charge on any atom is -0.388 e. The van der Waals surface area contributed by atoms with Crippen molar-refractivity contribution in [2.75, 3.05) is 13.1 Å². The van der Waals surface area contributed by atoms with Crippen LogP contribution in [0.25, 0.3) is 0 Å². The summed E-state index contributed by atoms with van der Waals surface area (Å²) in [4.78, 5) is 0. The van der Waals surface area contributed by atoms with Gasteiger partial charge in [0.2, 0.25) is 0 Å². The van der Waals surface area contributed by atoms with Gasteiger partial charge in [-0.1, -0.05) is 32.1 Å². The van der Waals surface area contributed by atoms with Crippen LogP contribution in [0.5, 0.6) is 0 Å². The van der Waals surface area contributed by atoms with Gasteiger partial charge in [-0.15, -0.1) is 0 Å². The first-order chi connectivity index (χ1) is 7.66. The molecular weight excluding hydrogens is 200 g/mol. The molecule has 16 heavy (non-hydrogen) atoms. The molecule has 94 valence electrons. The summed E-state index contributed by atoms with van der Waals surface area (Å²) in [7, 11) is 0. The van der Waals surface area contributed by atoms with Crippen molar-refractivity contribution in [3.05, 3.63) is 0 Å². The van der Waals surface area contributed by atoms with E-state index in [0.29, 0.717) is 0 Å². The Bertz CT molecular complexity index is 216. The van der Waals surface area contributed by atoms with Gasteiger partial charge in [-0.05, 0) is 38.8 Å². The van der Waals surface area contributed by atoms with E-state index in [9.17, 15) is 5.11 Å². The number of nitrogens with one attached hydrogen (secondary N) is 1. The summed E-state index contributed by atoms with van der Waals surface area (Å²) in [6.45, 7) is 1.82. The van der Waals surface area contributed by atoms with Gasteiger partial charge in [0, 0.05) is 5.54 Å². The minimum atomic E-state index is -0.615. The fourth-order valence-corrected chi connectivity index (χ4v) is 3.34. The van der Waals surface area contributed by atoms with E-state index in [2.05, 4.69) is 5.32 Å². The molecule has 0 aromatic carbocycles. The summed E-state index contributed by atoms with van der Waals surface area (Å²) < 4.78 is 0. The van der Waals surface area contributed by atoms with E-state index in [0.717, 1.165) is 38.8 Å². The molecule has 2 fully saturated rings. The average molecular weight is 226 g/mol. The molecule has 1 aliphatic heterocycles. The van der Waals surface area contributed by atoms with Crippen molar-refractivity contribution in [2.45, 2.75) is 68.9 Å². The van der Waals surface area contributed by atoms with Crippen LogP contribution >= 0.6 is 0 Å². The van der Waals surface area contributed by atoms with Crippen molar-refractivity contribution in [3.8, 4) is 0 Å². The van der Waals surface area contributed by atoms with E-state index in [1.165, 1.54) is 32.1 Å². The monoisotopic (exact) mass is 226 g/mol. The van der Waals surface area contributed by atoms with E-state index in [-0.39, 0.29) is 5.54 Å². The number of rotatable bonds is 1. The SMILES string of the molecule is NC1(C2(O)CCNCC2)CCCCCCC1. The zero-order valence-corrected chi connectivity index (χ0v) is 10.3. The number of nitrogens with two attached hydrogens (primary N) is 1. The molecule has 0 radical (unpaired) electrons. The van der Waals surface area contributed by atoms with Gasteiger partial charge in [-0.25, -0.2) is 0 Å². The van der Waals surface area contributed by atoms with Crippen molar-refractivity contribution in [2.24, 2.45) is 5.73 Å². The smallest absolute Gasteiger partial charge is 0.0850 e. The quantitative estimate of drug-likeness (QED) is 0.636. The number of aliphatic hydroxyl groups is 1. The lowest BCUT2D eigenvalue weighted by Crippen LogP contribution is -2.64. The average Bonchev–Trinajstić information content (AvgIpc) is 2.25. The van der Waals surface area contributed by atoms with Crippen molar-refractivity contribution in [3.63, 3.8) is 0 Å². The third-order valence-electron chi connectivity index (χ3n) is 4.60. The fourth-order valence-electron chi connectivity index (χ4n) is 3.34. The van der Waals surface area contributed by atoms with Crippen LogP contribution in [-0.4, -0.2) is 29.3 Å². The Kier molecular flexibility index (Phi) is 3.88. The molecule has 2 aliphatic rings. The Morgan fingerprint density at radius 3 is 1.88 bits per heavy atom. The Hall–Kier alpha value is -0.120. The van der Waals surface area contributed by atoms with Crippen LogP contribution in [-0.2, 0) is 0 Å². The number of piperidine rings is 1. The maximum atomic E-state index is 10.8. The van der Waals surface area contributed by atoms with Crippen LogP contribution in [0.3, 0.4) is 0 Å². The Morgan fingerprint density at radius 2 is 1.31 bits per heavy atom. The first-order valence-corrected chi connectivity index (χ1v) is 6.88. The lowest BCUT2D eigenvalue weighted by Gasteiger charge is -2.48. The second-order valence-corrected chi connectivity index (χ2v) is 5.71. The van der Waals surface area contributed by atoms with E-state index < -0.39 is 5.60 Å². The van der Waals surface area contributed by atoms with E-state index in [1.807, 2.05) is 0 Å². The summed E-state index contributed by atoms with van der Waals surface area (Å²) in [6.07, 6.45) is 9.94.